The van der Waals surface area contributed by atoms with Crippen LogP contribution >= 0.6 is 23.2 Å². The van der Waals surface area contributed by atoms with Crippen LogP contribution in [0.15, 0.2) is 36.4 Å². The van der Waals surface area contributed by atoms with Gasteiger partial charge >= 0.3 is 0 Å². The molecule has 0 bridgehead atoms. The van der Waals surface area contributed by atoms with Crippen molar-refractivity contribution in [3.05, 3.63) is 52.0 Å². The minimum absolute atomic E-state index is 0.221. The van der Waals surface area contributed by atoms with Gasteiger partial charge in [-0.2, -0.15) is 0 Å². The molecule has 3 rings (SSSR count). The maximum atomic E-state index is 11.1. The van der Waals surface area contributed by atoms with Crippen molar-refractivity contribution >= 4 is 23.2 Å². The molecule has 1 saturated heterocycles. The summed E-state index contributed by atoms with van der Waals surface area (Å²) in [6.07, 6.45) is 2.19. The third kappa shape index (κ3) is 7.15. The van der Waals surface area contributed by atoms with Crippen molar-refractivity contribution in [1.29, 1.82) is 0 Å². The molecule has 1 atom stereocenters. The Bertz CT molecular complexity index is 881. The quantitative estimate of drug-likeness (QED) is 0.488. The van der Waals surface area contributed by atoms with Crippen LogP contribution in [0.5, 0.6) is 17.2 Å². The molecule has 1 aliphatic rings. The van der Waals surface area contributed by atoms with Crippen LogP contribution in [0, 0.1) is 0 Å². The van der Waals surface area contributed by atoms with E-state index in [9.17, 15) is 5.11 Å². The molecule has 1 N–H and O–H groups in total. The molecule has 6 nitrogen and oxygen atoms in total. The van der Waals surface area contributed by atoms with E-state index in [2.05, 4.69) is 4.90 Å². The number of ether oxygens (including phenoxy) is 4. The fourth-order valence-electron chi connectivity index (χ4n) is 3.75. The van der Waals surface area contributed by atoms with Crippen LogP contribution in [0.4, 0.5) is 0 Å². The Morgan fingerprint density at radius 1 is 0.938 bits per heavy atom. The van der Waals surface area contributed by atoms with E-state index >= 15 is 0 Å². The molecule has 176 valence electrons. The van der Waals surface area contributed by atoms with Crippen molar-refractivity contribution in [2.75, 3.05) is 47.1 Å². The van der Waals surface area contributed by atoms with E-state index in [0.29, 0.717) is 53.3 Å². The molecule has 0 spiro atoms. The number of rotatable bonds is 10. The van der Waals surface area contributed by atoms with Gasteiger partial charge in [0.1, 0.15) is 19.0 Å². The van der Waals surface area contributed by atoms with Gasteiger partial charge in [0, 0.05) is 26.3 Å². The molecule has 1 heterocycles. The van der Waals surface area contributed by atoms with Crippen molar-refractivity contribution in [2.24, 2.45) is 0 Å². The molecule has 2 aromatic carbocycles. The number of methoxy groups -OCH3 is 2. The van der Waals surface area contributed by atoms with Crippen LogP contribution < -0.4 is 14.2 Å². The van der Waals surface area contributed by atoms with Crippen LogP contribution in [-0.4, -0.2) is 62.7 Å². The summed E-state index contributed by atoms with van der Waals surface area (Å²) in [7, 11) is 3.28. The van der Waals surface area contributed by atoms with E-state index in [-0.39, 0.29) is 6.61 Å². The molecular weight excluding hydrogens is 453 g/mol. The van der Waals surface area contributed by atoms with E-state index in [1.165, 1.54) is 0 Å². The van der Waals surface area contributed by atoms with Gasteiger partial charge in [-0.3, -0.25) is 4.90 Å². The van der Waals surface area contributed by atoms with Crippen LogP contribution in [-0.2, 0) is 11.3 Å². The topological polar surface area (TPSA) is 60.4 Å². The smallest absolute Gasteiger partial charge is 0.161 e. The highest BCUT2D eigenvalue weighted by molar-refractivity contribution is 6.42. The molecule has 1 unspecified atom stereocenters. The molecule has 0 radical (unpaired) electrons. The van der Waals surface area contributed by atoms with Gasteiger partial charge < -0.3 is 24.1 Å². The van der Waals surface area contributed by atoms with E-state index in [1.807, 2.05) is 18.2 Å². The van der Waals surface area contributed by atoms with Gasteiger partial charge in [-0.1, -0.05) is 29.3 Å². The SMILES string of the molecule is COCCOc1cc(CN2CCCC(O)(COc3ccc(Cl)c(Cl)c3)CC2)ccc1OC. The molecule has 0 saturated carbocycles. The zero-order chi connectivity index (χ0) is 23.0. The molecule has 1 aliphatic heterocycles. The lowest BCUT2D eigenvalue weighted by Crippen LogP contribution is -2.37. The second-order valence-electron chi connectivity index (χ2n) is 8.05. The summed E-state index contributed by atoms with van der Waals surface area (Å²) in [4.78, 5) is 2.35. The highest BCUT2D eigenvalue weighted by Crippen LogP contribution is 2.31. The monoisotopic (exact) mass is 483 g/mol. The molecule has 8 heteroatoms. The first-order chi connectivity index (χ1) is 15.4. The number of likely N-dealkylation sites (tertiary alicyclic amines) is 1. The number of benzene rings is 2. The lowest BCUT2D eigenvalue weighted by Gasteiger charge is -2.27. The Kier molecular flexibility index (Phi) is 9.32. The van der Waals surface area contributed by atoms with Crippen molar-refractivity contribution in [3.8, 4) is 17.2 Å². The highest BCUT2D eigenvalue weighted by atomic mass is 35.5. The predicted molar refractivity (Wildman–Crippen MR) is 126 cm³/mol. The van der Waals surface area contributed by atoms with Crippen LogP contribution in [0.2, 0.25) is 10.0 Å². The summed E-state index contributed by atoms with van der Waals surface area (Å²) in [6, 6.07) is 11.1. The van der Waals surface area contributed by atoms with Crippen LogP contribution in [0.1, 0.15) is 24.8 Å². The Morgan fingerprint density at radius 3 is 2.53 bits per heavy atom. The number of halogens is 2. The van der Waals surface area contributed by atoms with Gasteiger partial charge in [-0.15, -0.1) is 0 Å². The average Bonchev–Trinajstić information content (AvgIpc) is 2.97. The lowest BCUT2D eigenvalue weighted by molar-refractivity contribution is -0.0168. The van der Waals surface area contributed by atoms with E-state index in [0.717, 1.165) is 31.6 Å². The third-order valence-corrected chi connectivity index (χ3v) is 6.33. The van der Waals surface area contributed by atoms with Gasteiger partial charge in [0.05, 0.1) is 29.4 Å². The number of aliphatic hydroxyl groups is 1. The molecule has 32 heavy (non-hydrogen) atoms. The van der Waals surface area contributed by atoms with Gasteiger partial charge in [0.25, 0.3) is 0 Å². The predicted octanol–water partition coefficient (Wildman–Crippen LogP) is 4.82. The summed E-state index contributed by atoms with van der Waals surface area (Å²) >= 11 is 12.0. The van der Waals surface area contributed by atoms with E-state index in [1.54, 1.807) is 32.4 Å². The maximum Gasteiger partial charge on any atom is 0.161 e. The standard InChI is InChI=1S/C24H31Cl2NO5/c1-29-12-13-31-23-14-18(4-7-22(23)30-2)16-27-10-3-8-24(28,9-11-27)17-32-19-5-6-20(25)21(26)15-19/h4-7,14-15,28H,3,8-13,16-17H2,1-2H3. The minimum atomic E-state index is -0.880. The summed E-state index contributed by atoms with van der Waals surface area (Å²) in [5, 5.41) is 12.0. The third-order valence-electron chi connectivity index (χ3n) is 5.59. The summed E-state index contributed by atoms with van der Waals surface area (Å²) in [6.45, 7) is 3.65. The summed E-state index contributed by atoms with van der Waals surface area (Å²) in [5.41, 5.74) is 0.255. The van der Waals surface area contributed by atoms with Crippen molar-refractivity contribution < 1.29 is 24.1 Å². The zero-order valence-electron chi connectivity index (χ0n) is 18.6. The van der Waals surface area contributed by atoms with Gasteiger partial charge in [0.2, 0.25) is 0 Å². The average molecular weight is 484 g/mol. The second-order valence-corrected chi connectivity index (χ2v) is 8.86. The molecule has 1 fully saturated rings. The largest absolute Gasteiger partial charge is 0.493 e. The fourth-order valence-corrected chi connectivity index (χ4v) is 4.04. The van der Waals surface area contributed by atoms with E-state index in [4.69, 9.17) is 42.1 Å². The van der Waals surface area contributed by atoms with Crippen LogP contribution in [0.3, 0.4) is 0 Å². The Labute approximate surface area is 199 Å². The minimum Gasteiger partial charge on any atom is -0.493 e. The molecule has 0 amide bonds. The van der Waals surface area contributed by atoms with Gasteiger partial charge in [-0.05, 0) is 55.6 Å². The van der Waals surface area contributed by atoms with E-state index < -0.39 is 5.60 Å². The summed E-state index contributed by atoms with van der Waals surface area (Å²) < 4.78 is 22.1. The Hall–Kier alpha value is -1.70. The fraction of sp³-hybridized carbons (Fsp3) is 0.500. The first kappa shape index (κ1) is 24.9. The molecule has 2 aromatic rings. The van der Waals surface area contributed by atoms with Crippen molar-refractivity contribution in [3.63, 3.8) is 0 Å². The second kappa shape index (κ2) is 12.0. The first-order valence-corrected chi connectivity index (χ1v) is 11.5. The number of nitrogens with zero attached hydrogens (tertiary/aromatic N) is 1. The zero-order valence-corrected chi connectivity index (χ0v) is 20.1. The normalized spacial score (nSPS) is 19.4. The highest BCUT2D eigenvalue weighted by Gasteiger charge is 2.31. The van der Waals surface area contributed by atoms with Crippen molar-refractivity contribution in [1.82, 2.24) is 4.90 Å². The summed E-state index contributed by atoms with van der Waals surface area (Å²) in [5.74, 6) is 2.02. The number of hydrogen-bond donors (Lipinski definition) is 1. The number of hydrogen-bond acceptors (Lipinski definition) is 6. The van der Waals surface area contributed by atoms with Gasteiger partial charge in [0.15, 0.2) is 11.5 Å². The van der Waals surface area contributed by atoms with Gasteiger partial charge in [-0.25, -0.2) is 0 Å². The maximum absolute atomic E-state index is 11.1. The molecular formula is C24H31Cl2NO5. The Balaban J connectivity index is 1.56. The molecule has 0 aliphatic carbocycles. The molecule has 0 aromatic heterocycles. The lowest BCUT2D eigenvalue weighted by atomic mass is 9.96. The Morgan fingerprint density at radius 2 is 1.78 bits per heavy atom. The first-order valence-electron chi connectivity index (χ1n) is 10.7. The van der Waals surface area contributed by atoms with Crippen molar-refractivity contribution in [2.45, 2.75) is 31.4 Å². The van der Waals surface area contributed by atoms with Crippen LogP contribution in [0.25, 0.3) is 0 Å².